The van der Waals surface area contributed by atoms with Gasteiger partial charge in [0, 0.05) is 0 Å². The summed E-state index contributed by atoms with van der Waals surface area (Å²) in [4.78, 5) is 7.77. The first kappa shape index (κ1) is 15.0. The van der Waals surface area contributed by atoms with Crippen molar-refractivity contribution in [1.82, 2.24) is 9.97 Å². The second-order valence-corrected chi connectivity index (χ2v) is 4.29. The fourth-order valence-corrected chi connectivity index (χ4v) is 1.79. The summed E-state index contributed by atoms with van der Waals surface area (Å²) in [6.07, 6.45) is 1.89. The number of halogens is 1. The monoisotopic (exact) mass is 291 g/mol. The van der Waals surface area contributed by atoms with E-state index in [1.54, 1.807) is 7.11 Å². The molecule has 0 atom stereocenters. The molecule has 1 heterocycles. The van der Waals surface area contributed by atoms with Crippen LogP contribution in [0.25, 0.3) is 0 Å². The van der Waals surface area contributed by atoms with Crippen LogP contribution in [-0.2, 0) is 6.42 Å². The Morgan fingerprint density at radius 3 is 2.52 bits per heavy atom. The molecule has 0 radical (unpaired) electrons. The van der Waals surface area contributed by atoms with Crippen LogP contribution in [0.5, 0.6) is 11.5 Å². The van der Waals surface area contributed by atoms with Gasteiger partial charge in [0.2, 0.25) is 0 Å². The maximum absolute atomic E-state index is 13.9. The van der Waals surface area contributed by atoms with Crippen molar-refractivity contribution in [1.29, 1.82) is 0 Å². The van der Waals surface area contributed by atoms with Crippen LogP contribution in [0.4, 0.5) is 10.2 Å². The van der Waals surface area contributed by atoms with Gasteiger partial charge in [0.1, 0.15) is 24.4 Å². The summed E-state index contributed by atoms with van der Waals surface area (Å²) in [5.41, 5.74) is 0.406. The van der Waals surface area contributed by atoms with E-state index in [2.05, 4.69) is 15.3 Å². The van der Waals surface area contributed by atoms with Gasteiger partial charge in [-0.05, 0) is 30.7 Å². The van der Waals surface area contributed by atoms with Crippen molar-refractivity contribution in [2.24, 2.45) is 0 Å². The standard InChI is InChI=1S/C15H18FN3O2/c1-3-13-14(16)15(19-10-18-13)17-8-9-21-12-6-4-11(20-2)5-7-12/h4-7,10H,3,8-9H2,1-2H3,(H,17,18,19). The Bertz CT molecular complexity index is 576. The Labute approximate surface area is 123 Å². The second kappa shape index (κ2) is 7.42. The lowest BCUT2D eigenvalue weighted by Gasteiger charge is -2.10. The SMILES string of the molecule is CCc1ncnc(NCCOc2ccc(OC)cc2)c1F. The maximum atomic E-state index is 13.9. The minimum atomic E-state index is -0.399. The van der Waals surface area contributed by atoms with Gasteiger partial charge in [-0.1, -0.05) is 6.92 Å². The van der Waals surface area contributed by atoms with Gasteiger partial charge >= 0.3 is 0 Å². The molecule has 0 aliphatic rings. The van der Waals surface area contributed by atoms with Gasteiger partial charge in [0.25, 0.3) is 0 Å². The summed E-state index contributed by atoms with van der Waals surface area (Å²) < 4.78 is 24.5. The second-order valence-electron chi connectivity index (χ2n) is 4.29. The Hall–Kier alpha value is -2.37. The molecule has 5 nitrogen and oxygen atoms in total. The van der Waals surface area contributed by atoms with E-state index in [0.717, 1.165) is 11.5 Å². The Balaban J connectivity index is 1.81. The summed E-state index contributed by atoms with van der Waals surface area (Å²) in [5.74, 6) is 1.32. The average Bonchev–Trinajstić information content (AvgIpc) is 2.53. The molecule has 0 bridgehead atoms. The van der Waals surface area contributed by atoms with Crippen molar-refractivity contribution < 1.29 is 13.9 Å². The number of methoxy groups -OCH3 is 1. The molecule has 2 aromatic rings. The highest BCUT2D eigenvalue weighted by atomic mass is 19.1. The lowest BCUT2D eigenvalue weighted by molar-refractivity contribution is 0.331. The van der Waals surface area contributed by atoms with Crippen LogP contribution in [-0.4, -0.2) is 30.2 Å². The Morgan fingerprint density at radius 1 is 1.14 bits per heavy atom. The van der Waals surface area contributed by atoms with E-state index in [-0.39, 0.29) is 5.82 Å². The van der Waals surface area contributed by atoms with E-state index in [9.17, 15) is 4.39 Å². The molecule has 1 aromatic carbocycles. The smallest absolute Gasteiger partial charge is 0.186 e. The first-order valence-corrected chi connectivity index (χ1v) is 6.74. The normalized spacial score (nSPS) is 10.2. The van der Waals surface area contributed by atoms with Crippen molar-refractivity contribution in [3.05, 3.63) is 42.1 Å². The molecule has 0 saturated carbocycles. The van der Waals surface area contributed by atoms with Gasteiger partial charge in [-0.25, -0.2) is 14.4 Å². The summed E-state index contributed by atoms with van der Waals surface area (Å²) in [6.45, 7) is 2.70. The van der Waals surface area contributed by atoms with Crippen LogP contribution in [0.3, 0.4) is 0 Å². The van der Waals surface area contributed by atoms with Crippen molar-refractivity contribution in [2.75, 3.05) is 25.6 Å². The Kier molecular flexibility index (Phi) is 5.31. The highest BCUT2D eigenvalue weighted by Gasteiger charge is 2.08. The minimum absolute atomic E-state index is 0.209. The Morgan fingerprint density at radius 2 is 1.86 bits per heavy atom. The molecule has 0 saturated heterocycles. The van der Waals surface area contributed by atoms with Crippen LogP contribution >= 0.6 is 0 Å². The molecular weight excluding hydrogens is 273 g/mol. The van der Waals surface area contributed by atoms with Gasteiger partial charge in [-0.2, -0.15) is 0 Å². The summed E-state index contributed by atoms with van der Waals surface area (Å²) in [6, 6.07) is 7.28. The summed E-state index contributed by atoms with van der Waals surface area (Å²) in [5, 5.41) is 2.90. The molecule has 6 heteroatoms. The third-order valence-electron chi connectivity index (χ3n) is 2.92. The van der Waals surface area contributed by atoms with E-state index in [4.69, 9.17) is 9.47 Å². The molecule has 2 rings (SSSR count). The minimum Gasteiger partial charge on any atom is -0.497 e. The number of aryl methyl sites for hydroxylation is 1. The van der Waals surface area contributed by atoms with Crippen LogP contribution in [0.15, 0.2) is 30.6 Å². The van der Waals surface area contributed by atoms with E-state index >= 15 is 0 Å². The van der Waals surface area contributed by atoms with Crippen LogP contribution < -0.4 is 14.8 Å². The highest BCUT2D eigenvalue weighted by molar-refractivity contribution is 5.37. The topological polar surface area (TPSA) is 56.3 Å². The van der Waals surface area contributed by atoms with E-state index < -0.39 is 5.82 Å². The third-order valence-corrected chi connectivity index (χ3v) is 2.92. The number of benzene rings is 1. The molecule has 1 aromatic heterocycles. The van der Waals surface area contributed by atoms with Crippen molar-refractivity contribution in [2.45, 2.75) is 13.3 Å². The van der Waals surface area contributed by atoms with Gasteiger partial charge in [0.05, 0.1) is 19.3 Å². The largest absolute Gasteiger partial charge is 0.497 e. The van der Waals surface area contributed by atoms with Gasteiger partial charge in [-0.15, -0.1) is 0 Å². The van der Waals surface area contributed by atoms with E-state index in [0.29, 0.717) is 25.3 Å². The number of hydrogen-bond acceptors (Lipinski definition) is 5. The number of ether oxygens (including phenoxy) is 2. The summed E-state index contributed by atoms with van der Waals surface area (Å²) in [7, 11) is 1.61. The zero-order valence-electron chi connectivity index (χ0n) is 12.1. The molecule has 0 amide bonds. The molecule has 1 N–H and O–H groups in total. The number of aromatic nitrogens is 2. The average molecular weight is 291 g/mol. The first-order valence-electron chi connectivity index (χ1n) is 6.74. The van der Waals surface area contributed by atoms with Gasteiger partial charge in [0.15, 0.2) is 11.6 Å². The number of nitrogens with zero attached hydrogens (tertiary/aromatic N) is 2. The quantitative estimate of drug-likeness (QED) is 0.795. The first-order chi connectivity index (χ1) is 10.2. The van der Waals surface area contributed by atoms with Crippen molar-refractivity contribution in [3.63, 3.8) is 0 Å². The molecule has 0 fully saturated rings. The molecule has 0 spiro atoms. The highest BCUT2D eigenvalue weighted by Crippen LogP contribution is 2.17. The lowest BCUT2D eigenvalue weighted by atomic mass is 10.3. The van der Waals surface area contributed by atoms with Crippen LogP contribution in [0.1, 0.15) is 12.6 Å². The third kappa shape index (κ3) is 4.05. The van der Waals surface area contributed by atoms with Crippen LogP contribution in [0.2, 0.25) is 0 Å². The van der Waals surface area contributed by atoms with E-state index in [1.165, 1.54) is 6.33 Å². The van der Waals surface area contributed by atoms with Crippen LogP contribution in [0, 0.1) is 5.82 Å². The van der Waals surface area contributed by atoms with E-state index in [1.807, 2.05) is 31.2 Å². The predicted molar refractivity (Wildman–Crippen MR) is 78.3 cm³/mol. The fourth-order valence-electron chi connectivity index (χ4n) is 1.79. The van der Waals surface area contributed by atoms with Crippen molar-refractivity contribution in [3.8, 4) is 11.5 Å². The number of anilines is 1. The zero-order chi connectivity index (χ0) is 15.1. The molecule has 0 unspecified atom stereocenters. The van der Waals surface area contributed by atoms with Gasteiger partial charge in [-0.3, -0.25) is 0 Å². The summed E-state index contributed by atoms with van der Waals surface area (Å²) >= 11 is 0. The molecule has 0 aliphatic carbocycles. The number of hydrogen-bond donors (Lipinski definition) is 1. The van der Waals surface area contributed by atoms with Gasteiger partial charge < -0.3 is 14.8 Å². The molecule has 112 valence electrons. The number of nitrogens with one attached hydrogen (secondary N) is 1. The zero-order valence-corrected chi connectivity index (χ0v) is 12.1. The molecule has 0 aliphatic heterocycles. The maximum Gasteiger partial charge on any atom is 0.186 e. The molecule has 21 heavy (non-hydrogen) atoms. The molecular formula is C15H18FN3O2. The fraction of sp³-hybridized carbons (Fsp3) is 0.333. The predicted octanol–water partition coefficient (Wildman–Crippen LogP) is 2.68. The van der Waals surface area contributed by atoms with Crippen molar-refractivity contribution >= 4 is 5.82 Å². The lowest BCUT2D eigenvalue weighted by Crippen LogP contribution is -2.14. The number of rotatable bonds is 7.